The first-order chi connectivity index (χ1) is 18.6. The molecule has 198 valence electrons. The number of para-hydroxylation sites is 1. The molecule has 1 saturated carbocycles. The van der Waals surface area contributed by atoms with E-state index in [-0.39, 0.29) is 35.9 Å². The van der Waals surface area contributed by atoms with Gasteiger partial charge in [0.1, 0.15) is 5.82 Å². The second-order valence-electron chi connectivity index (χ2n) is 10.7. The van der Waals surface area contributed by atoms with Gasteiger partial charge in [-0.25, -0.2) is 4.98 Å². The maximum atomic E-state index is 14.1. The minimum atomic E-state index is -0.211. The van der Waals surface area contributed by atoms with Gasteiger partial charge in [0.25, 0.3) is 5.91 Å². The van der Waals surface area contributed by atoms with Crippen molar-refractivity contribution in [2.45, 2.75) is 50.2 Å². The highest BCUT2D eigenvalue weighted by molar-refractivity contribution is 5.95. The number of nitrogens with zero attached hydrogens (tertiary/aromatic N) is 2. The van der Waals surface area contributed by atoms with Crippen LogP contribution in [0.5, 0.6) is 0 Å². The molecule has 3 aliphatic rings. The molecule has 6 rings (SSSR count). The van der Waals surface area contributed by atoms with E-state index < -0.39 is 0 Å². The number of H-pyrrole nitrogens is 1. The first-order valence-corrected chi connectivity index (χ1v) is 13.7. The molecule has 8 nitrogen and oxygen atoms in total. The Morgan fingerprint density at radius 1 is 1.08 bits per heavy atom. The summed E-state index contributed by atoms with van der Waals surface area (Å²) >= 11 is 0. The Bertz CT molecular complexity index is 1280. The minimum absolute atomic E-state index is 0.0347. The summed E-state index contributed by atoms with van der Waals surface area (Å²) in [7, 11) is 1.73. The van der Waals surface area contributed by atoms with Crippen LogP contribution in [0.2, 0.25) is 0 Å². The number of anilines is 1. The first kappa shape index (κ1) is 24.7. The molecule has 1 unspecified atom stereocenters. The third-order valence-electron chi connectivity index (χ3n) is 8.53. The van der Waals surface area contributed by atoms with Crippen LogP contribution in [-0.2, 0) is 9.53 Å². The summed E-state index contributed by atoms with van der Waals surface area (Å²) in [4.78, 5) is 36.8. The van der Waals surface area contributed by atoms with Gasteiger partial charge in [0.05, 0.1) is 24.6 Å². The molecule has 8 heteroatoms. The molecule has 3 heterocycles. The van der Waals surface area contributed by atoms with E-state index in [1.54, 1.807) is 19.5 Å². The van der Waals surface area contributed by atoms with Gasteiger partial charge in [-0.15, -0.1) is 0 Å². The zero-order valence-corrected chi connectivity index (χ0v) is 21.7. The number of amides is 2. The first-order valence-electron chi connectivity index (χ1n) is 13.7. The molecule has 1 aliphatic carbocycles. The van der Waals surface area contributed by atoms with Crippen LogP contribution in [0.3, 0.4) is 0 Å². The summed E-state index contributed by atoms with van der Waals surface area (Å²) in [6, 6.07) is 15.8. The molecule has 3 aromatic rings. The lowest BCUT2D eigenvalue weighted by Crippen LogP contribution is -2.50. The summed E-state index contributed by atoms with van der Waals surface area (Å²) < 4.78 is 5.53. The number of aromatic amines is 1. The van der Waals surface area contributed by atoms with Crippen molar-refractivity contribution in [2.24, 2.45) is 11.8 Å². The van der Waals surface area contributed by atoms with E-state index in [4.69, 9.17) is 4.74 Å². The van der Waals surface area contributed by atoms with Crippen LogP contribution in [0.4, 0.5) is 5.69 Å². The number of aromatic nitrogens is 2. The highest BCUT2D eigenvalue weighted by Gasteiger charge is 2.48. The fourth-order valence-corrected chi connectivity index (χ4v) is 6.69. The van der Waals surface area contributed by atoms with Gasteiger partial charge in [0.2, 0.25) is 5.91 Å². The number of benzene rings is 2. The van der Waals surface area contributed by atoms with Crippen molar-refractivity contribution in [3.8, 4) is 11.4 Å². The van der Waals surface area contributed by atoms with E-state index in [0.717, 1.165) is 55.7 Å². The number of hydrogen-bond donors (Lipinski definition) is 3. The highest BCUT2D eigenvalue weighted by Crippen LogP contribution is 2.47. The number of fused-ring (bicyclic) bond motifs is 3. The van der Waals surface area contributed by atoms with Gasteiger partial charge in [-0.3, -0.25) is 9.59 Å². The Labute approximate surface area is 223 Å². The summed E-state index contributed by atoms with van der Waals surface area (Å²) in [5.74, 6) is 0.900. The normalized spacial score (nSPS) is 26.2. The standard InChI is InChI=1S/C30H35N5O3/c1-38-18-26-22-14-17-35(27(22)21-6-2-4-8-24(21)33-26)30(37)23-7-3-5-9-25(23)34-29(36)20-12-10-19(11-13-20)28-31-15-16-32-28/h2,4,6,8,10-13,15-16,22-23,25-27,33H,3,5,7,9,14,17-18H2,1H3,(H,31,32)(H,34,36)/t22-,23+,25-,26?,27+/m1/s1. The monoisotopic (exact) mass is 513 g/mol. The molecule has 2 aliphatic heterocycles. The topological polar surface area (TPSA) is 99.3 Å². The van der Waals surface area contributed by atoms with Crippen molar-refractivity contribution in [2.75, 3.05) is 25.6 Å². The maximum Gasteiger partial charge on any atom is 0.251 e. The second kappa shape index (κ2) is 10.6. The fraction of sp³-hybridized carbons (Fsp3) is 0.433. The van der Waals surface area contributed by atoms with E-state index >= 15 is 0 Å². The van der Waals surface area contributed by atoms with Crippen molar-refractivity contribution in [3.05, 3.63) is 72.1 Å². The van der Waals surface area contributed by atoms with Crippen LogP contribution in [0, 0.1) is 11.8 Å². The van der Waals surface area contributed by atoms with Crippen molar-refractivity contribution >= 4 is 17.5 Å². The number of imidazole rings is 1. The zero-order chi connectivity index (χ0) is 26.1. The SMILES string of the molecule is COCC1Nc2ccccc2[C@H]2[C@@H]1CCN2C(=O)[C@H]1CCCC[C@H]1NC(=O)c1ccc(-c2ncc[nH]2)cc1. The average molecular weight is 514 g/mol. The molecule has 3 N–H and O–H groups in total. The molecule has 0 bridgehead atoms. The molecular formula is C30H35N5O3. The number of ether oxygens (including phenoxy) is 1. The number of hydrogen-bond acceptors (Lipinski definition) is 5. The van der Waals surface area contributed by atoms with Crippen LogP contribution in [0.1, 0.15) is 54.1 Å². The average Bonchev–Trinajstić information content (AvgIpc) is 3.65. The molecule has 5 atom stereocenters. The number of carbonyl (C=O) groups is 2. The van der Waals surface area contributed by atoms with Crippen molar-refractivity contribution in [1.82, 2.24) is 20.2 Å². The number of methoxy groups -OCH3 is 1. The third-order valence-corrected chi connectivity index (χ3v) is 8.53. The largest absolute Gasteiger partial charge is 0.383 e. The molecule has 2 fully saturated rings. The highest BCUT2D eigenvalue weighted by atomic mass is 16.5. The number of nitrogens with one attached hydrogen (secondary N) is 3. The lowest BCUT2D eigenvalue weighted by Gasteiger charge is -2.41. The summed E-state index contributed by atoms with van der Waals surface area (Å²) in [5, 5.41) is 6.87. The van der Waals surface area contributed by atoms with Crippen LogP contribution in [0.25, 0.3) is 11.4 Å². The van der Waals surface area contributed by atoms with Crippen molar-refractivity contribution < 1.29 is 14.3 Å². The molecule has 38 heavy (non-hydrogen) atoms. The maximum absolute atomic E-state index is 14.1. The molecule has 2 amide bonds. The van der Waals surface area contributed by atoms with E-state index in [1.165, 1.54) is 5.56 Å². The summed E-state index contributed by atoms with van der Waals surface area (Å²) in [6.07, 6.45) is 8.07. The minimum Gasteiger partial charge on any atom is -0.383 e. The Balaban J connectivity index is 1.20. The number of carbonyl (C=O) groups excluding carboxylic acids is 2. The number of rotatable bonds is 6. The smallest absolute Gasteiger partial charge is 0.251 e. The van der Waals surface area contributed by atoms with Crippen molar-refractivity contribution in [3.63, 3.8) is 0 Å². The van der Waals surface area contributed by atoms with Gasteiger partial charge in [-0.05, 0) is 43.0 Å². The van der Waals surface area contributed by atoms with Gasteiger partial charge >= 0.3 is 0 Å². The van der Waals surface area contributed by atoms with Crippen LogP contribution < -0.4 is 10.6 Å². The lowest BCUT2D eigenvalue weighted by molar-refractivity contribution is -0.139. The molecular weight excluding hydrogens is 478 g/mol. The van der Waals surface area contributed by atoms with E-state index in [2.05, 4.69) is 43.7 Å². The second-order valence-corrected chi connectivity index (χ2v) is 10.7. The van der Waals surface area contributed by atoms with E-state index in [9.17, 15) is 9.59 Å². The Morgan fingerprint density at radius 3 is 2.68 bits per heavy atom. The molecule has 1 aromatic heterocycles. The molecule has 0 spiro atoms. The number of likely N-dealkylation sites (tertiary alicyclic amines) is 1. The quantitative estimate of drug-likeness (QED) is 0.454. The van der Waals surface area contributed by atoms with Gasteiger partial charge in [-0.1, -0.05) is 43.2 Å². The molecule has 0 radical (unpaired) electrons. The van der Waals surface area contributed by atoms with Gasteiger partial charge in [0, 0.05) is 54.8 Å². The van der Waals surface area contributed by atoms with Gasteiger partial charge in [-0.2, -0.15) is 0 Å². The van der Waals surface area contributed by atoms with Gasteiger partial charge < -0.3 is 25.3 Å². The summed E-state index contributed by atoms with van der Waals surface area (Å²) in [5.41, 5.74) is 3.79. The molecule has 2 aromatic carbocycles. The van der Waals surface area contributed by atoms with Crippen LogP contribution >= 0.6 is 0 Å². The predicted molar refractivity (Wildman–Crippen MR) is 146 cm³/mol. The molecule has 1 saturated heterocycles. The van der Waals surface area contributed by atoms with E-state index in [1.807, 2.05) is 30.3 Å². The fourth-order valence-electron chi connectivity index (χ4n) is 6.69. The van der Waals surface area contributed by atoms with Crippen molar-refractivity contribution in [1.29, 1.82) is 0 Å². The van der Waals surface area contributed by atoms with Gasteiger partial charge in [0.15, 0.2) is 0 Å². The Hall–Kier alpha value is -3.65. The third kappa shape index (κ3) is 4.58. The lowest BCUT2D eigenvalue weighted by atomic mass is 9.81. The van der Waals surface area contributed by atoms with Crippen LogP contribution in [-0.4, -0.2) is 59.0 Å². The Morgan fingerprint density at radius 2 is 1.89 bits per heavy atom. The zero-order valence-electron chi connectivity index (χ0n) is 21.7. The summed E-state index contributed by atoms with van der Waals surface area (Å²) in [6.45, 7) is 1.34. The Kier molecular flexibility index (Phi) is 6.89. The predicted octanol–water partition coefficient (Wildman–Crippen LogP) is 4.40. The van der Waals surface area contributed by atoms with Crippen LogP contribution in [0.15, 0.2) is 60.9 Å². The van der Waals surface area contributed by atoms with E-state index in [0.29, 0.717) is 18.1 Å².